The van der Waals surface area contributed by atoms with Crippen molar-refractivity contribution >= 4 is 47.3 Å². The predicted octanol–water partition coefficient (Wildman–Crippen LogP) is 4.17. The van der Waals surface area contributed by atoms with Gasteiger partial charge in [0.15, 0.2) is 5.96 Å². The molecule has 0 saturated heterocycles. The van der Waals surface area contributed by atoms with Crippen molar-refractivity contribution in [3.05, 3.63) is 70.9 Å². The first kappa shape index (κ1) is 23.5. The minimum Gasteiger partial charge on any atom is -0.356 e. The number of aromatic nitrogens is 2. The van der Waals surface area contributed by atoms with Gasteiger partial charge < -0.3 is 15.0 Å². The lowest BCUT2D eigenvalue weighted by molar-refractivity contribution is 0.625. The highest BCUT2D eigenvalue weighted by molar-refractivity contribution is 14.0. The Hall–Kier alpha value is -1.81. The lowest BCUT2D eigenvalue weighted by atomic mass is 10.1. The molecule has 0 fully saturated rings. The van der Waals surface area contributed by atoms with Crippen LogP contribution in [-0.4, -0.2) is 35.2 Å². The molecule has 29 heavy (non-hydrogen) atoms. The van der Waals surface area contributed by atoms with Crippen LogP contribution in [0.2, 0.25) is 0 Å². The average Bonchev–Trinajstić information content (AvgIpc) is 3.10. The van der Waals surface area contributed by atoms with Crippen LogP contribution in [0, 0.1) is 12.7 Å². The number of nitrogens with one attached hydrogen (secondary N) is 2. The van der Waals surface area contributed by atoms with Gasteiger partial charge in [0.05, 0.1) is 5.69 Å². The Labute approximate surface area is 192 Å². The summed E-state index contributed by atoms with van der Waals surface area (Å²) in [5, 5.41) is 6.63. The van der Waals surface area contributed by atoms with Crippen molar-refractivity contribution in [2.45, 2.75) is 25.6 Å². The number of hydrogen-bond donors (Lipinski definition) is 2. The van der Waals surface area contributed by atoms with Gasteiger partial charge in [-0.05, 0) is 48.1 Å². The van der Waals surface area contributed by atoms with E-state index >= 15 is 0 Å². The number of imidazole rings is 1. The number of thioether (sulfide) groups is 1. The Morgan fingerprint density at radius 2 is 2.07 bits per heavy atom. The van der Waals surface area contributed by atoms with E-state index in [0.717, 1.165) is 47.1 Å². The summed E-state index contributed by atoms with van der Waals surface area (Å²) in [4.78, 5) is 8.97. The van der Waals surface area contributed by atoms with Gasteiger partial charge in [-0.15, -0.1) is 24.0 Å². The first-order chi connectivity index (χ1) is 13.6. The first-order valence-corrected chi connectivity index (χ1v) is 10.6. The first-order valence-electron chi connectivity index (χ1n) is 9.24. The van der Waals surface area contributed by atoms with Gasteiger partial charge in [-0.25, -0.2) is 9.37 Å². The fourth-order valence-corrected chi connectivity index (χ4v) is 3.67. The number of hydrogen-bond acceptors (Lipinski definition) is 3. The van der Waals surface area contributed by atoms with Gasteiger partial charge in [-0.2, -0.15) is 11.8 Å². The highest BCUT2D eigenvalue weighted by Crippen LogP contribution is 2.16. The lowest BCUT2D eigenvalue weighted by Gasteiger charge is -2.14. The third-order valence-corrected chi connectivity index (χ3v) is 5.14. The van der Waals surface area contributed by atoms with E-state index in [4.69, 9.17) is 4.98 Å². The Balaban J connectivity index is 0.00000300. The van der Waals surface area contributed by atoms with Gasteiger partial charge in [0.2, 0.25) is 0 Å². The largest absolute Gasteiger partial charge is 0.356 e. The van der Waals surface area contributed by atoms with E-state index in [1.54, 1.807) is 24.9 Å². The second-order valence-corrected chi connectivity index (χ2v) is 7.47. The van der Waals surface area contributed by atoms with Crippen LogP contribution >= 0.6 is 35.7 Å². The molecule has 0 aliphatic heterocycles. The summed E-state index contributed by atoms with van der Waals surface area (Å²) in [5.41, 5.74) is 5.29. The van der Waals surface area contributed by atoms with Gasteiger partial charge in [-0.1, -0.05) is 12.1 Å². The van der Waals surface area contributed by atoms with Gasteiger partial charge in [0.1, 0.15) is 11.5 Å². The number of aliphatic imine (C=N–C) groups is 1. The van der Waals surface area contributed by atoms with Crippen molar-refractivity contribution in [1.82, 2.24) is 20.0 Å². The van der Waals surface area contributed by atoms with Crippen LogP contribution in [0.5, 0.6) is 0 Å². The molecule has 0 atom stereocenters. The van der Waals surface area contributed by atoms with Crippen molar-refractivity contribution in [3.8, 4) is 0 Å². The summed E-state index contributed by atoms with van der Waals surface area (Å²) < 4.78 is 15.5. The maximum absolute atomic E-state index is 13.5. The maximum Gasteiger partial charge on any atom is 0.191 e. The highest BCUT2D eigenvalue weighted by Gasteiger charge is 2.07. The number of aryl methyl sites for hydroxylation is 1. The Morgan fingerprint density at radius 1 is 1.24 bits per heavy atom. The van der Waals surface area contributed by atoms with Crippen molar-refractivity contribution in [2.75, 3.05) is 19.8 Å². The van der Waals surface area contributed by atoms with E-state index < -0.39 is 0 Å². The fraction of sp³-hybridized carbons (Fsp3) is 0.333. The number of pyridine rings is 1. The third kappa shape index (κ3) is 6.33. The molecule has 156 valence electrons. The van der Waals surface area contributed by atoms with Crippen LogP contribution in [-0.2, 0) is 18.7 Å². The lowest BCUT2D eigenvalue weighted by Crippen LogP contribution is -2.38. The summed E-state index contributed by atoms with van der Waals surface area (Å²) in [5.74, 6) is 1.31. The van der Waals surface area contributed by atoms with Crippen LogP contribution in [0.4, 0.5) is 4.39 Å². The molecule has 0 radical (unpaired) electrons. The molecule has 0 amide bonds. The molecule has 0 aliphatic carbocycles. The molecule has 0 aliphatic rings. The number of rotatable bonds is 7. The molecule has 3 aromatic rings. The number of nitrogens with zero attached hydrogens (tertiary/aromatic N) is 3. The minimum absolute atomic E-state index is 0. The predicted molar refractivity (Wildman–Crippen MR) is 131 cm³/mol. The second kappa shape index (κ2) is 11.4. The summed E-state index contributed by atoms with van der Waals surface area (Å²) >= 11 is 1.68. The Kier molecular flexibility index (Phi) is 9.22. The van der Waals surface area contributed by atoms with Gasteiger partial charge in [0.25, 0.3) is 0 Å². The quantitative estimate of drug-likeness (QED) is 0.275. The number of benzene rings is 1. The fourth-order valence-electron chi connectivity index (χ4n) is 3.09. The molecule has 0 spiro atoms. The zero-order valence-corrected chi connectivity index (χ0v) is 20.1. The average molecular weight is 527 g/mol. The van der Waals surface area contributed by atoms with Crippen LogP contribution in [0.15, 0.2) is 47.7 Å². The van der Waals surface area contributed by atoms with E-state index in [0.29, 0.717) is 6.54 Å². The van der Waals surface area contributed by atoms with E-state index in [9.17, 15) is 4.39 Å². The SMILES string of the molecule is CN=C(NCCc1cn2cccc(C)c2n1)NCc1ccc(F)cc1CSC.I. The number of halogens is 2. The molecule has 1 aromatic carbocycles. The van der Waals surface area contributed by atoms with Gasteiger partial charge in [0, 0.05) is 44.7 Å². The summed E-state index contributed by atoms with van der Waals surface area (Å²) in [6.07, 6.45) is 6.90. The molecule has 0 saturated carbocycles. The molecule has 0 unspecified atom stereocenters. The third-order valence-electron chi connectivity index (χ3n) is 4.54. The van der Waals surface area contributed by atoms with Gasteiger partial charge in [-0.3, -0.25) is 4.99 Å². The van der Waals surface area contributed by atoms with Crippen molar-refractivity contribution < 1.29 is 4.39 Å². The van der Waals surface area contributed by atoms with Crippen molar-refractivity contribution in [3.63, 3.8) is 0 Å². The van der Waals surface area contributed by atoms with Crippen LogP contribution in [0.3, 0.4) is 0 Å². The normalized spacial score (nSPS) is 11.4. The maximum atomic E-state index is 13.5. The monoisotopic (exact) mass is 527 g/mol. The molecular formula is C21H27FIN5S. The highest BCUT2D eigenvalue weighted by atomic mass is 127. The zero-order valence-electron chi connectivity index (χ0n) is 16.9. The van der Waals surface area contributed by atoms with E-state index in [2.05, 4.69) is 39.2 Å². The van der Waals surface area contributed by atoms with Gasteiger partial charge >= 0.3 is 0 Å². The van der Waals surface area contributed by atoms with Crippen LogP contribution in [0.1, 0.15) is 22.4 Å². The van der Waals surface area contributed by atoms with E-state index in [1.165, 1.54) is 11.6 Å². The van der Waals surface area contributed by atoms with Crippen LogP contribution in [0.25, 0.3) is 5.65 Å². The standard InChI is InChI=1S/C21H26FN5S.HI/c1-15-5-4-10-27-13-19(26-20(15)27)8-9-24-21(23-2)25-12-16-6-7-18(22)11-17(16)14-28-3;/h4-7,10-11,13H,8-9,12,14H2,1-3H3,(H2,23,24,25);1H. The topological polar surface area (TPSA) is 53.7 Å². The molecule has 8 heteroatoms. The summed E-state index contributed by atoms with van der Waals surface area (Å²) in [6, 6.07) is 9.03. The van der Waals surface area contributed by atoms with Crippen LogP contribution < -0.4 is 10.6 Å². The molecular weight excluding hydrogens is 500 g/mol. The molecule has 2 N–H and O–H groups in total. The van der Waals surface area contributed by atoms with E-state index in [1.807, 2.05) is 24.6 Å². The van der Waals surface area contributed by atoms with E-state index in [-0.39, 0.29) is 29.8 Å². The summed E-state index contributed by atoms with van der Waals surface area (Å²) in [6.45, 7) is 3.39. The Bertz CT molecular complexity index is 973. The number of fused-ring (bicyclic) bond motifs is 1. The number of guanidine groups is 1. The molecule has 5 nitrogen and oxygen atoms in total. The van der Waals surface area contributed by atoms with Crippen molar-refractivity contribution in [1.29, 1.82) is 0 Å². The molecule has 2 heterocycles. The second-order valence-electron chi connectivity index (χ2n) is 6.60. The smallest absolute Gasteiger partial charge is 0.191 e. The zero-order chi connectivity index (χ0) is 19.9. The summed E-state index contributed by atoms with van der Waals surface area (Å²) in [7, 11) is 1.75. The Morgan fingerprint density at radius 3 is 2.79 bits per heavy atom. The molecule has 2 aromatic heterocycles. The van der Waals surface area contributed by atoms with Crippen molar-refractivity contribution in [2.24, 2.45) is 4.99 Å². The molecule has 0 bridgehead atoms. The molecule has 3 rings (SSSR count). The minimum atomic E-state index is -0.196.